The summed E-state index contributed by atoms with van der Waals surface area (Å²) in [5, 5.41) is 9.44. The predicted molar refractivity (Wildman–Crippen MR) is 126 cm³/mol. The third kappa shape index (κ3) is 7.77. The fourth-order valence-electron chi connectivity index (χ4n) is 2.70. The number of hydrogen-bond acceptors (Lipinski definition) is 3. The van der Waals surface area contributed by atoms with Crippen LogP contribution >= 0.6 is 0 Å². The first-order valence-corrected chi connectivity index (χ1v) is 10.5. The summed E-state index contributed by atoms with van der Waals surface area (Å²) >= 11 is 0. The van der Waals surface area contributed by atoms with Gasteiger partial charge >= 0.3 is 0 Å². The van der Waals surface area contributed by atoms with Crippen LogP contribution in [0.4, 0.5) is 5.69 Å². The van der Waals surface area contributed by atoms with Crippen molar-refractivity contribution in [2.45, 2.75) is 33.9 Å². The molecule has 7 nitrogen and oxygen atoms in total. The molecule has 0 heterocycles. The van der Waals surface area contributed by atoms with Gasteiger partial charge in [0.1, 0.15) is 0 Å². The molecule has 0 radical (unpaired) electrons. The zero-order valence-electron chi connectivity index (χ0n) is 19.0. The lowest BCUT2D eigenvalue weighted by Crippen LogP contribution is -2.36. The molecule has 0 atom stereocenters. The Morgan fingerprint density at radius 3 is 2.10 bits per heavy atom. The largest absolute Gasteiger partial charge is 0.357 e. The summed E-state index contributed by atoms with van der Waals surface area (Å²) < 4.78 is 0. The van der Waals surface area contributed by atoms with Gasteiger partial charge in [0.25, 0.3) is 5.91 Å². The SMILES string of the molecule is CCNC(=NCc1ccc(NC(=O)C(C)C)cc1)NCc1ccc(C(=O)N(C)C)cc1. The van der Waals surface area contributed by atoms with E-state index in [0.717, 1.165) is 23.4 Å². The second-order valence-corrected chi connectivity index (χ2v) is 7.79. The third-order valence-electron chi connectivity index (χ3n) is 4.58. The second kappa shape index (κ2) is 11.7. The average molecular weight is 424 g/mol. The lowest BCUT2D eigenvalue weighted by Gasteiger charge is -2.13. The van der Waals surface area contributed by atoms with Gasteiger partial charge in [-0.15, -0.1) is 0 Å². The van der Waals surface area contributed by atoms with Crippen molar-refractivity contribution >= 4 is 23.5 Å². The van der Waals surface area contributed by atoms with Crippen LogP contribution in [0.2, 0.25) is 0 Å². The molecule has 0 aliphatic carbocycles. The summed E-state index contributed by atoms with van der Waals surface area (Å²) in [4.78, 5) is 30.0. The Morgan fingerprint density at radius 1 is 0.935 bits per heavy atom. The maximum Gasteiger partial charge on any atom is 0.253 e. The smallest absolute Gasteiger partial charge is 0.253 e. The average Bonchev–Trinajstić information content (AvgIpc) is 2.76. The van der Waals surface area contributed by atoms with E-state index in [0.29, 0.717) is 24.6 Å². The Bertz CT molecular complexity index is 887. The quantitative estimate of drug-likeness (QED) is 0.449. The molecule has 0 spiro atoms. The summed E-state index contributed by atoms with van der Waals surface area (Å²) in [6.07, 6.45) is 0. The topological polar surface area (TPSA) is 85.8 Å². The fraction of sp³-hybridized carbons (Fsp3) is 0.375. The number of benzene rings is 2. The van der Waals surface area contributed by atoms with Crippen LogP contribution in [0.3, 0.4) is 0 Å². The number of carbonyl (C=O) groups is 2. The van der Waals surface area contributed by atoms with Gasteiger partial charge in [-0.25, -0.2) is 4.99 Å². The van der Waals surface area contributed by atoms with E-state index in [1.54, 1.807) is 19.0 Å². The molecule has 0 unspecified atom stereocenters. The van der Waals surface area contributed by atoms with Gasteiger partial charge in [-0.05, 0) is 42.3 Å². The summed E-state index contributed by atoms with van der Waals surface area (Å²) in [6, 6.07) is 15.3. The minimum atomic E-state index is -0.0531. The highest BCUT2D eigenvalue weighted by Crippen LogP contribution is 2.12. The lowest BCUT2D eigenvalue weighted by molar-refractivity contribution is -0.118. The van der Waals surface area contributed by atoms with E-state index in [2.05, 4.69) is 20.9 Å². The van der Waals surface area contributed by atoms with Crippen molar-refractivity contribution in [3.05, 3.63) is 65.2 Å². The molecule has 0 aromatic heterocycles. The third-order valence-corrected chi connectivity index (χ3v) is 4.58. The Labute approximate surface area is 184 Å². The molecule has 166 valence electrons. The Balaban J connectivity index is 1.94. The summed E-state index contributed by atoms with van der Waals surface area (Å²) in [7, 11) is 3.48. The van der Waals surface area contributed by atoms with Crippen molar-refractivity contribution in [3.63, 3.8) is 0 Å². The molecule has 0 bridgehead atoms. The predicted octanol–water partition coefficient (Wildman–Crippen LogP) is 3.24. The van der Waals surface area contributed by atoms with Crippen molar-refractivity contribution in [3.8, 4) is 0 Å². The van der Waals surface area contributed by atoms with Crippen LogP contribution in [0.25, 0.3) is 0 Å². The molecule has 0 fully saturated rings. The maximum atomic E-state index is 12.0. The summed E-state index contributed by atoms with van der Waals surface area (Å²) in [6.45, 7) is 7.62. The maximum absolute atomic E-state index is 12.0. The molecule has 31 heavy (non-hydrogen) atoms. The van der Waals surface area contributed by atoms with Crippen LogP contribution < -0.4 is 16.0 Å². The molecular formula is C24H33N5O2. The number of carbonyl (C=O) groups excluding carboxylic acids is 2. The number of nitrogens with one attached hydrogen (secondary N) is 3. The molecule has 2 amide bonds. The molecule has 7 heteroatoms. The first-order valence-electron chi connectivity index (χ1n) is 10.5. The molecule has 2 aromatic rings. The second-order valence-electron chi connectivity index (χ2n) is 7.79. The lowest BCUT2D eigenvalue weighted by atomic mass is 10.1. The minimum absolute atomic E-state index is 0.00326. The van der Waals surface area contributed by atoms with E-state index in [4.69, 9.17) is 0 Å². The highest BCUT2D eigenvalue weighted by Gasteiger charge is 2.08. The molecule has 2 aromatic carbocycles. The van der Waals surface area contributed by atoms with Crippen molar-refractivity contribution < 1.29 is 9.59 Å². The fourth-order valence-corrected chi connectivity index (χ4v) is 2.70. The van der Waals surface area contributed by atoms with Crippen molar-refractivity contribution in [1.29, 1.82) is 0 Å². The number of amides is 2. The molecule has 0 saturated heterocycles. The zero-order chi connectivity index (χ0) is 22.8. The van der Waals surface area contributed by atoms with Gasteiger partial charge in [-0.2, -0.15) is 0 Å². The highest BCUT2D eigenvalue weighted by atomic mass is 16.2. The van der Waals surface area contributed by atoms with Crippen molar-refractivity contribution in [2.75, 3.05) is 26.0 Å². The number of anilines is 1. The summed E-state index contributed by atoms with van der Waals surface area (Å²) in [5.74, 6) is 0.656. The van der Waals surface area contributed by atoms with E-state index in [1.807, 2.05) is 69.3 Å². The molecule has 0 aliphatic heterocycles. The monoisotopic (exact) mass is 423 g/mol. The first-order chi connectivity index (χ1) is 14.8. The van der Waals surface area contributed by atoms with Gasteiger partial charge in [-0.1, -0.05) is 38.1 Å². The van der Waals surface area contributed by atoms with Crippen LogP contribution in [-0.2, 0) is 17.9 Å². The molecular weight excluding hydrogens is 390 g/mol. The first kappa shape index (κ1) is 23.9. The number of aliphatic imine (C=N–C) groups is 1. The van der Waals surface area contributed by atoms with Gasteiger partial charge in [0.2, 0.25) is 5.91 Å². The summed E-state index contributed by atoms with van der Waals surface area (Å²) in [5.41, 5.74) is 3.56. The Morgan fingerprint density at radius 2 is 1.55 bits per heavy atom. The van der Waals surface area contributed by atoms with Crippen LogP contribution in [0.5, 0.6) is 0 Å². The number of hydrogen-bond donors (Lipinski definition) is 3. The number of nitrogens with zero attached hydrogens (tertiary/aromatic N) is 2. The van der Waals surface area contributed by atoms with E-state index in [9.17, 15) is 9.59 Å². The molecule has 2 rings (SSSR count). The molecule has 0 saturated carbocycles. The molecule has 0 aliphatic rings. The van der Waals surface area contributed by atoms with Gasteiger partial charge < -0.3 is 20.9 Å². The Hall–Kier alpha value is -3.35. The minimum Gasteiger partial charge on any atom is -0.357 e. The van der Waals surface area contributed by atoms with Gasteiger partial charge in [-0.3, -0.25) is 9.59 Å². The van der Waals surface area contributed by atoms with E-state index < -0.39 is 0 Å². The highest BCUT2D eigenvalue weighted by molar-refractivity contribution is 5.94. The van der Waals surface area contributed by atoms with Crippen LogP contribution in [0, 0.1) is 5.92 Å². The van der Waals surface area contributed by atoms with Crippen LogP contribution in [0.15, 0.2) is 53.5 Å². The van der Waals surface area contributed by atoms with E-state index in [1.165, 1.54) is 0 Å². The van der Waals surface area contributed by atoms with Gasteiger partial charge in [0.15, 0.2) is 5.96 Å². The van der Waals surface area contributed by atoms with Gasteiger partial charge in [0.05, 0.1) is 6.54 Å². The van der Waals surface area contributed by atoms with Crippen molar-refractivity contribution in [1.82, 2.24) is 15.5 Å². The number of guanidine groups is 1. The number of rotatable bonds is 8. The zero-order valence-corrected chi connectivity index (χ0v) is 19.0. The Kier molecular flexibility index (Phi) is 9.06. The van der Waals surface area contributed by atoms with Gasteiger partial charge in [0, 0.05) is 44.4 Å². The van der Waals surface area contributed by atoms with Crippen molar-refractivity contribution in [2.24, 2.45) is 10.9 Å². The van der Waals surface area contributed by atoms with E-state index in [-0.39, 0.29) is 17.7 Å². The van der Waals surface area contributed by atoms with E-state index >= 15 is 0 Å². The normalized spacial score (nSPS) is 11.2. The molecule has 3 N–H and O–H groups in total. The van der Waals surface area contributed by atoms with Crippen LogP contribution in [-0.4, -0.2) is 43.3 Å². The standard InChI is InChI=1S/C24H33N5O2/c1-6-25-24(26-15-18-7-11-20(12-8-18)23(31)29(4)5)27-16-19-9-13-21(14-10-19)28-22(30)17(2)3/h7-14,17H,6,15-16H2,1-5H3,(H,28,30)(H2,25,26,27). The van der Waals surface area contributed by atoms with Crippen LogP contribution in [0.1, 0.15) is 42.3 Å².